The van der Waals surface area contributed by atoms with Crippen LogP contribution >= 0.6 is 0 Å². The van der Waals surface area contributed by atoms with Gasteiger partial charge in [-0.1, -0.05) is 57.4 Å². The normalized spacial score (nSPS) is 31.1. The van der Waals surface area contributed by atoms with Crippen LogP contribution in [0.4, 0.5) is 0 Å². The van der Waals surface area contributed by atoms with E-state index >= 15 is 0 Å². The molecule has 134 valence electrons. The molecule has 0 amide bonds. The molecule has 0 N–H and O–H groups in total. The Bertz CT molecular complexity index is 465. The lowest BCUT2D eigenvalue weighted by molar-refractivity contribution is -0.135. The zero-order valence-corrected chi connectivity index (χ0v) is 15.5. The highest BCUT2D eigenvalue weighted by Crippen LogP contribution is 2.38. The molecular weight excluding hydrogens is 296 g/mol. The van der Waals surface area contributed by atoms with Crippen LogP contribution in [0.5, 0.6) is 0 Å². The number of hydrogen-bond donors (Lipinski definition) is 0. The second-order valence-electron chi connectivity index (χ2n) is 7.71. The monoisotopic (exact) mass is 330 g/mol. The Kier molecular flexibility index (Phi) is 6.74. The molecule has 2 unspecified atom stereocenters. The molecule has 3 rings (SSSR count). The van der Waals surface area contributed by atoms with Gasteiger partial charge >= 0.3 is 0 Å². The fraction of sp³-hybridized carbons (Fsp3) is 0.727. The van der Waals surface area contributed by atoms with Crippen LogP contribution in [-0.4, -0.2) is 19.3 Å². The van der Waals surface area contributed by atoms with E-state index in [4.69, 9.17) is 9.47 Å². The molecule has 2 atom stereocenters. The summed E-state index contributed by atoms with van der Waals surface area (Å²) in [7, 11) is 0. The van der Waals surface area contributed by atoms with Crippen LogP contribution in [0.15, 0.2) is 24.3 Å². The van der Waals surface area contributed by atoms with Crippen molar-refractivity contribution in [2.24, 2.45) is 5.92 Å². The molecule has 0 bridgehead atoms. The predicted octanol–water partition coefficient (Wildman–Crippen LogP) is 6.02. The molecule has 2 aliphatic rings. The first-order valence-electron chi connectivity index (χ1n) is 10.1. The third-order valence-corrected chi connectivity index (χ3v) is 6.01. The van der Waals surface area contributed by atoms with Crippen molar-refractivity contribution in [2.75, 3.05) is 13.2 Å². The maximum absolute atomic E-state index is 5.98. The topological polar surface area (TPSA) is 18.5 Å². The van der Waals surface area contributed by atoms with Gasteiger partial charge in [0.25, 0.3) is 0 Å². The Morgan fingerprint density at radius 2 is 1.58 bits per heavy atom. The smallest absolute Gasteiger partial charge is 0.106 e. The molecule has 1 aromatic rings. The SMILES string of the molecule is CCCCC1CCC(c2ccc(C3COC(CC)CO3)cc2)CC1. The summed E-state index contributed by atoms with van der Waals surface area (Å²) in [5, 5.41) is 0. The predicted molar refractivity (Wildman–Crippen MR) is 99.4 cm³/mol. The molecule has 0 radical (unpaired) electrons. The summed E-state index contributed by atoms with van der Waals surface area (Å²) in [6, 6.07) is 9.20. The Morgan fingerprint density at radius 3 is 2.17 bits per heavy atom. The van der Waals surface area contributed by atoms with E-state index in [-0.39, 0.29) is 12.2 Å². The van der Waals surface area contributed by atoms with Gasteiger partial charge in [0.05, 0.1) is 19.3 Å². The largest absolute Gasteiger partial charge is 0.373 e. The molecule has 1 saturated heterocycles. The first-order valence-corrected chi connectivity index (χ1v) is 10.1. The van der Waals surface area contributed by atoms with E-state index in [1.165, 1.54) is 56.1 Å². The molecule has 2 fully saturated rings. The average Bonchev–Trinajstić information content (AvgIpc) is 2.67. The van der Waals surface area contributed by atoms with Gasteiger partial charge < -0.3 is 9.47 Å². The van der Waals surface area contributed by atoms with Crippen LogP contribution in [0.2, 0.25) is 0 Å². The van der Waals surface area contributed by atoms with E-state index in [0.717, 1.165) is 24.9 Å². The minimum atomic E-state index is 0.117. The fourth-order valence-electron chi connectivity index (χ4n) is 4.23. The van der Waals surface area contributed by atoms with Gasteiger partial charge in [-0.25, -0.2) is 0 Å². The van der Waals surface area contributed by atoms with Gasteiger partial charge in [0.1, 0.15) is 6.10 Å². The summed E-state index contributed by atoms with van der Waals surface area (Å²) >= 11 is 0. The minimum absolute atomic E-state index is 0.117. The lowest BCUT2D eigenvalue weighted by atomic mass is 9.77. The van der Waals surface area contributed by atoms with Gasteiger partial charge in [0.2, 0.25) is 0 Å². The number of benzene rings is 1. The third-order valence-electron chi connectivity index (χ3n) is 6.01. The van der Waals surface area contributed by atoms with Crippen molar-refractivity contribution in [3.05, 3.63) is 35.4 Å². The van der Waals surface area contributed by atoms with Crippen LogP contribution in [0.25, 0.3) is 0 Å². The number of rotatable bonds is 6. The van der Waals surface area contributed by atoms with Crippen LogP contribution < -0.4 is 0 Å². The summed E-state index contributed by atoms with van der Waals surface area (Å²) in [6.45, 7) is 5.88. The van der Waals surface area contributed by atoms with Crippen molar-refractivity contribution in [1.29, 1.82) is 0 Å². The first kappa shape index (κ1) is 17.9. The Labute approximate surface area is 147 Å². The molecule has 1 aliphatic carbocycles. The van der Waals surface area contributed by atoms with E-state index in [9.17, 15) is 0 Å². The summed E-state index contributed by atoms with van der Waals surface area (Å²) < 4.78 is 11.8. The van der Waals surface area contributed by atoms with E-state index in [2.05, 4.69) is 38.1 Å². The standard InChI is InChI=1S/C22H34O2/c1-3-5-6-17-7-9-18(10-8-17)19-11-13-20(14-12-19)22-16-23-21(4-2)15-24-22/h11-14,17-18,21-22H,3-10,15-16H2,1-2H3. The number of hydrogen-bond acceptors (Lipinski definition) is 2. The zero-order valence-electron chi connectivity index (χ0n) is 15.5. The Morgan fingerprint density at radius 1 is 0.875 bits per heavy atom. The van der Waals surface area contributed by atoms with Crippen molar-refractivity contribution < 1.29 is 9.47 Å². The van der Waals surface area contributed by atoms with E-state index in [1.807, 2.05) is 0 Å². The van der Waals surface area contributed by atoms with Crippen molar-refractivity contribution in [2.45, 2.75) is 83.3 Å². The van der Waals surface area contributed by atoms with Crippen LogP contribution in [0.3, 0.4) is 0 Å². The van der Waals surface area contributed by atoms with E-state index < -0.39 is 0 Å². The maximum Gasteiger partial charge on any atom is 0.106 e. The third kappa shape index (κ3) is 4.61. The molecule has 24 heavy (non-hydrogen) atoms. The number of unbranched alkanes of at least 4 members (excludes halogenated alkanes) is 1. The second kappa shape index (κ2) is 9.01. The van der Waals surface area contributed by atoms with Gasteiger partial charge in [-0.2, -0.15) is 0 Å². The summed E-state index contributed by atoms with van der Waals surface area (Å²) in [4.78, 5) is 0. The molecule has 0 aromatic heterocycles. The number of ether oxygens (including phenoxy) is 2. The zero-order chi connectivity index (χ0) is 16.8. The van der Waals surface area contributed by atoms with Gasteiger partial charge in [-0.05, 0) is 55.1 Å². The highest BCUT2D eigenvalue weighted by atomic mass is 16.6. The second-order valence-corrected chi connectivity index (χ2v) is 7.71. The first-order chi connectivity index (χ1) is 11.8. The fourth-order valence-corrected chi connectivity index (χ4v) is 4.23. The molecule has 0 spiro atoms. The van der Waals surface area contributed by atoms with Gasteiger partial charge in [0, 0.05) is 0 Å². The molecule has 1 aliphatic heterocycles. The van der Waals surface area contributed by atoms with Gasteiger partial charge in [-0.3, -0.25) is 0 Å². The molecule has 2 heteroatoms. The van der Waals surface area contributed by atoms with Gasteiger partial charge in [0.15, 0.2) is 0 Å². The lowest BCUT2D eigenvalue weighted by Gasteiger charge is -2.30. The highest BCUT2D eigenvalue weighted by Gasteiger charge is 2.24. The summed E-state index contributed by atoms with van der Waals surface area (Å²) in [5.74, 6) is 1.75. The molecule has 1 aromatic carbocycles. The Balaban J connectivity index is 1.50. The van der Waals surface area contributed by atoms with E-state index in [1.54, 1.807) is 0 Å². The quantitative estimate of drug-likeness (QED) is 0.635. The van der Waals surface area contributed by atoms with Crippen molar-refractivity contribution in [3.8, 4) is 0 Å². The Hall–Kier alpha value is -0.860. The van der Waals surface area contributed by atoms with Crippen molar-refractivity contribution in [1.82, 2.24) is 0 Å². The summed E-state index contributed by atoms with van der Waals surface area (Å²) in [6.07, 6.45) is 11.2. The van der Waals surface area contributed by atoms with Crippen molar-refractivity contribution >= 4 is 0 Å². The summed E-state index contributed by atoms with van der Waals surface area (Å²) in [5.41, 5.74) is 2.79. The molecule has 1 heterocycles. The van der Waals surface area contributed by atoms with Crippen LogP contribution in [0, 0.1) is 5.92 Å². The lowest BCUT2D eigenvalue weighted by Crippen LogP contribution is -2.30. The van der Waals surface area contributed by atoms with Crippen molar-refractivity contribution in [3.63, 3.8) is 0 Å². The average molecular weight is 331 g/mol. The van der Waals surface area contributed by atoms with Gasteiger partial charge in [-0.15, -0.1) is 0 Å². The molecule has 1 saturated carbocycles. The van der Waals surface area contributed by atoms with Crippen LogP contribution in [-0.2, 0) is 9.47 Å². The molecular formula is C22H34O2. The highest BCUT2D eigenvalue weighted by molar-refractivity contribution is 5.27. The van der Waals surface area contributed by atoms with Crippen LogP contribution in [0.1, 0.15) is 88.4 Å². The maximum atomic E-state index is 5.98. The minimum Gasteiger partial charge on any atom is -0.373 e. The molecule has 2 nitrogen and oxygen atoms in total. The van der Waals surface area contributed by atoms with E-state index in [0.29, 0.717) is 6.61 Å².